The fourth-order valence-corrected chi connectivity index (χ4v) is 4.72. The van der Waals surface area contributed by atoms with Gasteiger partial charge >= 0.3 is 5.97 Å². The number of hydrogen-bond acceptors (Lipinski definition) is 8. The highest BCUT2D eigenvalue weighted by Crippen LogP contribution is 2.17. The summed E-state index contributed by atoms with van der Waals surface area (Å²) in [5.74, 6) is -1.42. The van der Waals surface area contributed by atoms with E-state index in [4.69, 9.17) is 4.74 Å². The highest BCUT2D eigenvalue weighted by Gasteiger charge is 2.23. The number of carbonyl (C=O) groups excluding carboxylic acids is 4. The molecule has 1 aromatic heterocycles. The summed E-state index contributed by atoms with van der Waals surface area (Å²) in [5, 5.41) is 8.19. The van der Waals surface area contributed by atoms with Crippen LogP contribution in [0.25, 0.3) is 0 Å². The number of allylic oxidation sites excluding steroid dienone is 1. The maximum atomic E-state index is 13.4. The van der Waals surface area contributed by atoms with Crippen LogP contribution in [-0.4, -0.2) is 85.6 Å². The number of benzene rings is 1. The Bertz CT molecular complexity index is 1380. The Balaban J connectivity index is 1.70. The number of esters is 1. The zero-order valence-electron chi connectivity index (χ0n) is 26.7. The van der Waals surface area contributed by atoms with Gasteiger partial charge in [-0.2, -0.15) is 0 Å². The van der Waals surface area contributed by atoms with E-state index in [1.165, 1.54) is 22.9 Å². The summed E-state index contributed by atoms with van der Waals surface area (Å²) in [6.45, 7) is 10.1. The van der Waals surface area contributed by atoms with Crippen LogP contribution in [0.5, 0.6) is 0 Å². The average Bonchev–Trinajstić information content (AvgIpc) is 3.01. The SMILES string of the molecule is CCOC(=O)/C=C/CC[C@H](NC(=O)c1ccc(N2CCN(C)CC2)cc1)C(=O)Nc1cccn(CC(=O)NCCC(C)C)c1=O. The third kappa shape index (κ3) is 11.5. The second kappa shape index (κ2) is 17.7. The van der Waals surface area contributed by atoms with E-state index in [1.807, 2.05) is 12.1 Å². The lowest BCUT2D eigenvalue weighted by molar-refractivity contribution is -0.137. The monoisotopic (exact) mass is 622 g/mol. The van der Waals surface area contributed by atoms with E-state index in [2.05, 4.69) is 46.6 Å². The molecule has 1 aliphatic rings. The topological polar surface area (TPSA) is 142 Å². The van der Waals surface area contributed by atoms with Gasteiger partial charge < -0.3 is 35.1 Å². The lowest BCUT2D eigenvalue weighted by Gasteiger charge is -2.34. The molecular weight excluding hydrogens is 576 g/mol. The molecule has 0 radical (unpaired) electrons. The lowest BCUT2D eigenvalue weighted by atomic mass is 10.1. The Morgan fingerprint density at radius 3 is 2.38 bits per heavy atom. The molecule has 0 unspecified atom stereocenters. The number of nitrogens with zero attached hydrogens (tertiary/aromatic N) is 3. The van der Waals surface area contributed by atoms with Gasteiger partial charge in [-0.25, -0.2) is 4.79 Å². The van der Waals surface area contributed by atoms with Crippen LogP contribution in [0.15, 0.2) is 59.5 Å². The Kier molecular flexibility index (Phi) is 13.8. The number of nitrogens with one attached hydrogen (secondary N) is 3. The summed E-state index contributed by atoms with van der Waals surface area (Å²) in [6.07, 6.45) is 5.59. The number of pyridine rings is 1. The third-order valence-electron chi connectivity index (χ3n) is 7.42. The van der Waals surface area contributed by atoms with Crippen molar-refractivity contribution in [3.63, 3.8) is 0 Å². The number of piperazine rings is 1. The van der Waals surface area contributed by atoms with Crippen molar-refractivity contribution < 1.29 is 23.9 Å². The number of hydrogen-bond donors (Lipinski definition) is 3. The Morgan fingerprint density at radius 1 is 1.00 bits per heavy atom. The summed E-state index contributed by atoms with van der Waals surface area (Å²) in [6, 6.07) is 9.22. The van der Waals surface area contributed by atoms with Crippen molar-refractivity contribution in [3.8, 4) is 0 Å². The van der Waals surface area contributed by atoms with E-state index in [0.717, 1.165) is 38.3 Å². The van der Waals surface area contributed by atoms with Gasteiger partial charge in [0.2, 0.25) is 11.8 Å². The molecule has 12 nitrogen and oxygen atoms in total. The normalized spacial score (nSPS) is 14.3. The molecule has 1 fully saturated rings. The van der Waals surface area contributed by atoms with E-state index >= 15 is 0 Å². The van der Waals surface area contributed by atoms with E-state index in [0.29, 0.717) is 18.0 Å². The van der Waals surface area contributed by atoms with Gasteiger partial charge in [0.1, 0.15) is 18.3 Å². The molecule has 2 heterocycles. The molecule has 12 heteroatoms. The largest absolute Gasteiger partial charge is 0.463 e. The van der Waals surface area contributed by atoms with E-state index in [1.54, 1.807) is 31.2 Å². The van der Waals surface area contributed by atoms with Gasteiger partial charge in [-0.05, 0) is 75.5 Å². The first-order valence-electron chi connectivity index (χ1n) is 15.5. The first kappa shape index (κ1) is 35.0. The van der Waals surface area contributed by atoms with Crippen LogP contribution < -0.4 is 26.4 Å². The molecular formula is C33H46N6O6. The number of amides is 3. The van der Waals surface area contributed by atoms with Crippen LogP contribution in [-0.2, 0) is 25.7 Å². The molecule has 1 atom stereocenters. The Hall–Kier alpha value is -4.45. The summed E-state index contributed by atoms with van der Waals surface area (Å²) in [5.41, 5.74) is 0.845. The minimum atomic E-state index is -1.02. The fourth-order valence-electron chi connectivity index (χ4n) is 4.72. The smallest absolute Gasteiger partial charge is 0.330 e. The van der Waals surface area contributed by atoms with Crippen LogP contribution in [0.2, 0.25) is 0 Å². The maximum Gasteiger partial charge on any atom is 0.330 e. The van der Waals surface area contributed by atoms with Crippen molar-refractivity contribution in [1.29, 1.82) is 0 Å². The van der Waals surface area contributed by atoms with Gasteiger partial charge in [-0.15, -0.1) is 0 Å². The quantitative estimate of drug-likeness (QED) is 0.203. The van der Waals surface area contributed by atoms with Crippen LogP contribution in [0.3, 0.4) is 0 Å². The number of ether oxygens (including phenoxy) is 1. The van der Waals surface area contributed by atoms with Crippen molar-refractivity contribution in [2.75, 3.05) is 56.6 Å². The lowest BCUT2D eigenvalue weighted by Crippen LogP contribution is -2.45. The molecule has 244 valence electrons. The second-order valence-electron chi connectivity index (χ2n) is 11.5. The predicted molar refractivity (Wildman–Crippen MR) is 174 cm³/mol. The summed E-state index contributed by atoms with van der Waals surface area (Å²) >= 11 is 0. The highest BCUT2D eigenvalue weighted by atomic mass is 16.5. The number of rotatable bonds is 15. The molecule has 1 aliphatic heterocycles. The van der Waals surface area contributed by atoms with Gasteiger partial charge in [0.25, 0.3) is 11.5 Å². The standard InChI is InChI=1S/C33H46N6O6/c1-5-45-30(41)11-7-6-9-27(35-31(42)25-12-14-26(15-13-25)38-21-19-37(4)20-22-38)32(43)36-28-10-8-18-39(33(28)44)23-29(40)34-17-16-24(2)3/h7-8,10-15,18,24,27H,5-6,9,16-17,19-23H2,1-4H3,(H,34,40)(H,35,42)(H,36,43)/b11-7+/t27-/m0/s1. The summed E-state index contributed by atoms with van der Waals surface area (Å²) in [4.78, 5) is 68.3. The molecule has 0 spiro atoms. The zero-order chi connectivity index (χ0) is 32.8. The van der Waals surface area contributed by atoms with Gasteiger partial charge in [0.05, 0.1) is 6.61 Å². The van der Waals surface area contributed by atoms with Gasteiger partial charge in [-0.3, -0.25) is 19.2 Å². The first-order valence-corrected chi connectivity index (χ1v) is 15.5. The minimum Gasteiger partial charge on any atom is -0.463 e. The number of aromatic nitrogens is 1. The minimum absolute atomic E-state index is 0.0182. The molecule has 0 saturated carbocycles. The van der Waals surface area contributed by atoms with Gasteiger partial charge in [0, 0.05) is 56.2 Å². The first-order chi connectivity index (χ1) is 21.6. The summed E-state index contributed by atoms with van der Waals surface area (Å²) < 4.78 is 6.11. The van der Waals surface area contributed by atoms with Gasteiger partial charge in [0.15, 0.2) is 0 Å². The van der Waals surface area contributed by atoms with Crippen LogP contribution in [0.1, 0.15) is 50.4 Å². The molecule has 3 rings (SSSR count). The number of carbonyl (C=O) groups is 4. The van der Waals surface area contributed by atoms with Gasteiger partial charge in [-0.1, -0.05) is 19.9 Å². The van der Waals surface area contributed by atoms with Crippen molar-refractivity contribution in [2.45, 2.75) is 52.6 Å². The van der Waals surface area contributed by atoms with E-state index in [-0.39, 0.29) is 37.6 Å². The van der Waals surface area contributed by atoms with Crippen LogP contribution in [0.4, 0.5) is 11.4 Å². The van der Waals surface area contributed by atoms with Crippen molar-refractivity contribution in [2.24, 2.45) is 5.92 Å². The number of likely N-dealkylation sites (N-methyl/N-ethyl adjacent to an activating group) is 1. The maximum absolute atomic E-state index is 13.4. The molecule has 1 aromatic carbocycles. The molecule has 2 aromatic rings. The Labute approximate surface area is 264 Å². The highest BCUT2D eigenvalue weighted by molar-refractivity contribution is 6.01. The van der Waals surface area contributed by atoms with Crippen LogP contribution in [0, 0.1) is 5.92 Å². The molecule has 3 amide bonds. The van der Waals surface area contributed by atoms with Crippen molar-refractivity contribution in [1.82, 2.24) is 20.1 Å². The third-order valence-corrected chi connectivity index (χ3v) is 7.42. The molecule has 0 bridgehead atoms. The molecule has 0 aliphatic carbocycles. The Morgan fingerprint density at radius 2 is 1.71 bits per heavy atom. The average molecular weight is 623 g/mol. The van der Waals surface area contributed by atoms with Crippen molar-refractivity contribution in [3.05, 3.63) is 70.7 Å². The summed E-state index contributed by atoms with van der Waals surface area (Å²) in [7, 11) is 2.09. The molecule has 1 saturated heterocycles. The molecule has 3 N–H and O–H groups in total. The van der Waals surface area contributed by atoms with E-state index in [9.17, 15) is 24.0 Å². The fraction of sp³-hybridized carbons (Fsp3) is 0.485. The predicted octanol–water partition coefficient (Wildman–Crippen LogP) is 2.40. The molecule has 45 heavy (non-hydrogen) atoms. The van der Waals surface area contributed by atoms with E-state index < -0.39 is 29.4 Å². The van der Waals surface area contributed by atoms with Crippen molar-refractivity contribution >= 4 is 35.1 Å². The second-order valence-corrected chi connectivity index (χ2v) is 11.5. The number of anilines is 2. The van der Waals surface area contributed by atoms with Crippen LogP contribution >= 0.6 is 0 Å². The zero-order valence-corrected chi connectivity index (χ0v) is 26.7.